The Morgan fingerprint density at radius 3 is 2.60 bits per heavy atom. The summed E-state index contributed by atoms with van der Waals surface area (Å²) in [5.74, 6) is 2.42. The van der Waals surface area contributed by atoms with Crippen LogP contribution < -0.4 is 19.5 Å². The average molecular weight is 207 g/mol. The zero-order chi connectivity index (χ0) is 10.3. The van der Waals surface area contributed by atoms with E-state index in [-0.39, 0.29) is 0 Å². The molecule has 0 saturated carbocycles. The number of anilines is 1. The minimum atomic E-state index is 0.333. The third-order valence-corrected chi connectivity index (χ3v) is 2.54. The molecule has 0 aliphatic carbocycles. The minimum absolute atomic E-state index is 0.333. The van der Waals surface area contributed by atoms with Crippen LogP contribution in [0.5, 0.6) is 17.2 Å². The van der Waals surface area contributed by atoms with Gasteiger partial charge in [0.1, 0.15) is 25.6 Å². The van der Waals surface area contributed by atoms with Gasteiger partial charge in [-0.05, 0) is 6.92 Å². The maximum Gasteiger partial charge on any atom is 0.165 e. The van der Waals surface area contributed by atoms with Crippen molar-refractivity contribution in [3.05, 3.63) is 12.1 Å². The number of hydrogen-bond acceptors (Lipinski definition) is 4. The predicted octanol–water partition coefficient (Wildman–Crippen LogP) is 1.65. The number of nitrogens with one attached hydrogen (secondary N) is 1. The Kier molecular flexibility index (Phi) is 1.87. The van der Waals surface area contributed by atoms with Crippen LogP contribution in [0, 0.1) is 0 Å². The first-order chi connectivity index (χ1) is 7.33. The summed E-state index contributed by atoms with van der Waals surface area (Å²) in [5, 5.41) is 3.35. The summed E-state index contributed by atoms with van der Waals surface area (Å²) in [4.78, 5) is 0. The molecule has 1 aromatic rings. The fourth-order valence-corrected chi connectivity index (χ4v) is 1.82. The van der Waals surface area contributed by atoms with E-state index in [1.807, 2.05) is 12.1 Å². The Labute approximate surface area is 88.1 Å². The van der Waals surface area contributed by atoms with Crippen LogP contribution in [-0.2, 0) is 0 Å². The number of hydrogen-bond donors (Lipinski definition) is 1. The monoisotopic (exact) mass is 207 g/mol. The van der Waals surface area contributed by atoms with E-state index in [9.17, 15) is 0 Å². The van der Waals surface area contributed by atoms with Crippen LogP contribution >= 0.6 is 0 Å². The molecule has 0 radical (unpaired) electrons. The van der Waals surface area contributed by atoms with Crippen molar-refractivity contribution in [3.8, 4) is 17.2 Å². The third-order valence-electron chi connectivity index (χ3n) is 2.54. The number of benzene rings is 1. The molecule has 80 valence electrons. The Hall–Kier alpha value is -1.58. The highest BCUT2D eigenvalue weighted by atomic mass is 16.6. The molecule has 2 aliphatic heterocycles. The van der Waals surface area contributed by atoms with E-state index in [0.717, 1.165) is 22.9 Å². The fourth-order valence-electron chi connectivity index (χ4n) is 1.82. The summed E-state index contributed by atoms with van der Waals surface area (Å²) >= 11 is 0. The highest BCUT2D eigenvalue weighted by Gasteiger charge is 2.21. The molecule has 4 nitrogen and oxygen atoms in total. The Bertz CT molecular complexity index is 392. The average Bonchev–Trinajstić information content (AvgIpc) is 2.26. The van der Waals surface area contributed by atoms with Gasteiger partial charge < -0.3 is 19.5 Å². The lowest BCUT2D eigenvalue weighted by molar-refractivity contribution is 0.170. The molecule has 2 heterocycles. The van der Waals surface area contributed by atoms with Crippen molar-refractivity contribution in [1.29, 1.82) is 0 Å². The van der Waals surface area contributed by atoms with Crippen molar-refractivity contribution in [3.63, 3.8) is 0 Å². The second-order valence-electron chi connectivity index (χ2n) is 3.85. The van der Waals surface area contributed by atoms with Crippen LogP contribution in [0.25, 0.3) is 0 Å². The first-order valence-corrected chi connectivity index (χ1v) is 5.16. The van der Waals surface area contributed by atoms with Crippen LogP contribution in [-0.4, -0.2) is 25.9 Å². The van der Waals surface area contributed by atoms with Gasteiger partial charge in [-0.1, -0.05) is 0 Å². The highest BCUT2D eigenvalue weighted by molar-refractivity contribution is 5.66. The second-order valence-corrected chi connectivity index (χ2v) is 3.85. The van der Waals surface area contributed by atoms with Crippen LogP contribution in [0.3, 0.4) is 0 Å². The zero-order valence-electron chi connectivity index (χ0n) is 8.58. The van der Waals surface area contributed by atoms with Crippen molar-refractivity contribution >= 4 is 5.69 Å². The highest BCUT2D eigenvalue weighted by Crippen LogP contribution is 2.41. The molecule has 1 atom stereocenters. The summed E-state index contributed by atoms with van der Waals surface area (Å²) in [6.45, 7) is 3.99. The Morgan fingerprint density at radius 2 is 1.80 bits per heavy atom. The van der Waals surface area contributed by atoms with Crippen LogP contribution in [0.15, 0.2) is 12.1 Å². The van der Waals surface area contributed by atoms with Gasteiger partial charge >= 0.3 is 0 Å². The molecular weight excluding hydrogens is 194 g/mol. The van der Waals surface area contributed by atoms with E-state index in [1.165, 1.54) is 0 Å². The van der Waals surface area contributed by atoms with Gasteiger partial charge in [0, 0.05) is 12.1 Å². The summed E-state index contributed by atoms with van der Waals surface area (Å²) in [6.07, 6.45) is 0. The molecule has 15 heavy (non-hydrogen) atoms. The summed E-state index contributed by atoms with van der Waals surface area (Å²) in [6, 6.07) is 4.17. The van der Waals surface area contributed by atoms with E-state index in [4.69, 9.17) is 14.2 Å². The zero-order valence-corrected chi connectivity index (χ0v) is 8.58. The SMILES string of the molecule is CC1COc2cc3c(cc2N1)OCCO3. The van der Waals surface area contributed by atoms with E-state index in [0.29, 0.717) is 25.9 Å². The lowest BCUT2D eigenvalue weighted by atomic mass is 10.2. The largest absolute Gasteiger partial charge is 0.489 e. The van der Waals surface area contributed by atoms with Crippen LogP contribution in [0.4, 0.5) is 5.69 Å². The molecule has 1 aromatic carbocycles. The molecular formula is C11H13NO3. The smallest absolute Gasteiger partial charge is 0.165 e. The first-order valence-electron chi connectivity index (χ1n) is 5.16. The van der Waals surface area contributed by atoms with Crippen molar-refractivity contribution < 1.29 is 14.2 Å². The van der Waals surface area contributed by atoms with Crippen molar-refractivity contribution in [1.82, 2.24) is 0 Å². The molecule has 0 amide bonds. The molecule has 2 aliphatic rings. The molecule has 0 fully saturated rings. The molecule has 0 spiro atoms. The Morgan fingerprint density at radius 1 is 1.07 bits per heavy atom. The Balaban J connectivity index is 2.02. The standard InChI is InChI=1S/C11H13NO3/c1-7-6-15-9-5-11-10(4-8(9)12-7)13-2-3-14-11/h4-5,7,12H,2-3,6H2,1H3. The van der Waals surface area contributed by atoms with E-state index < -0.39 is 0 Å². The molecule has 1 N–H and O–H groups in total. The first kappa shape index (κ1) is 8.71. The molecule has 4 heteroatoms. The minimum Gasteiger partial charge on any atom is -0.489 e. The van der Waals surface area contributed by atoms with Crippen molar-refractivity contribution in [2.75, 3.05) is 25.1 Å². The fraction of sp³-hybridized carbons (Fsp3) is 0.455. The molecule has 0 bridgehead atoms. The van der Waals surface area contributed by atoms with E-state index in [1.54, 1.807) is 0 Å². The van der Waals surface area contributed by atoms with Gasteiger partial charge in [0.25, 0.3) is 0 Å². The van der Waals surface area contributed by atoms with Gasteiger partial charge in [-0.2, -0.15) is 0 Å². The summed E-state index contributed by atoms with van der Waals surface area (Å²) in [5.41, 5.74) is 0.984. The topological polar surface area (TPSA) is 39.7 Å². The number of fused-ring (bicyclic) bond motifs is 2. The molecule has 1 unspecified atom stereocenters. The number of rotatable bonds is 0. The van der Waals surface area contributed by atoms with Crippen LogP contribution in [0.2, 0.25) is 0 Å². The van der Waals surface area contributed by atoms with Gasteiger partial charge in [-0.25, -0.2) is 0 Å². The second kappa shape index (κ2) is 3.22. The van der Waals surface area contributed by atoms with Gasteiger partial charge in [0.05, 0.1) is 11.7 Å². The normalized spacial score (nSPS) is 22.3. The van der Waals surface area contributed by atoms with E-state index >= 15 is 0 Å². The van der Waals surface area contributed by atoms with E-state index in [2.05, 4.69) is 12.2 Å². The maximum absolute atomic E-state index is 5.60. The third kappa shape index (κ3) is 1.46. The molecule has 3 rings (SSSR count). The van der Waals surface area contributed by atoms with Crippen molar-refractivity contribution in [2.24, 2.45) is 0 Å². The molecule has 0 saturated heterocycles. The van der Waals surface area contributed by atoms with Gasteiger partial charge in [0.2, 0.25) is 0 Å². The van der Waals surface area contributed by atoms with Gasteiger partial charge in [-0.15, -0.1) is 0 Å². The predicted molar refractivity (Wildman–Crippen MR) is 56.0 cm³/mol. The molecule has 0 aromatic heterocycles. The van der Waals surface area contributed by atoms with Gasteiger partial charge in [-0.3, -0.25) is 0 Å². The quantitative estimate of drug-likeness (QED) is 0.702. The van der Waals surface area contributed by atoms with Crippen molar-refractivity contribution in [2.45, 2.75) is 13.0 Å². The van der Waals surface area contributed by atoms with Gasteiger partial charge in [0.15, 0.2) is 11.5 Å². The summed E-state index contributed by atoms with van der Waals surface area (Å²) < 4.78 is 16.6. The lowest BCUT2D eigenvalue weighted by Crippen LogP contribution is -2.28. The maximum atomic E-state index is 5.60. The lowest BCUT2D eigenvalue weighted by Gasteiger charge is -2.27. The number of ether oxygens (including phenoxy) is 3. The summed E-state index contributed by atoms with van der Waals surface area (Å²) in [7, 11) is 0. The van der Waals surface area contributed by atoms with Crippen LogP contribution in [0.1, 0.15) is 6.92 Å².